The highest BCUT2D eigenvalue weighted by molar-refractivity contribution is 9.10. The van der Waals surface area contributed by atoms with Crippen LogP contribution in [0, 0.1) is 10.1 Å². The Kier molecular flexibility index (Phi) is 2.46. The van der Waals surface area contributed by atoms with Crippen molar-refractivity contribution in [2.45, 2.75) is 0 Å². The Hall–Kier alpha value is -1.76. The Morgan fingerprint density at radius 1 is 1.40 bits per heavy atom. The van der Waals surface area contributed by atoms with E-state index in [0.717, 1.165) is 0 Å². The normalized spacial score (nSPS) is 10.2. The summed E-state index contributed by atoms with van der Waals surface area (Å²) in [5.74, 6) is 0.319. The summed E-state index contributed by atoms with van der Waals surface area (Å²) in [5.41, 5.74) is 0.508. The van der Waals surface area contributed by atoms with Gasteiger partial charge in [-0.3, -0.25) is 10.1 Å². The fourth-order valence-corrected chi connectivity index (χ4v) is 1.59. The number of hydrogen-bond acceptors (Lipinski definition) is 5. The molecule has 15 heavy (non-hydrogen) atoms. The Morgan fingerprint density at radius 3 is 2.80 bits per heavy atom. The molecule has 0 bridgehead atoms. The lowest BCUT2D eigenvalue weighted by Gasteiger charge is -1.96. The molecule has 7 heteroatoms. The fraction of sp³-hybridized carbons (Fsp3) is 0. The topological polar surface area (TPSA) is 82.1 Å². The Bertz CT molecular complexity index is 498. The molecule has 0 aliphatic rings. The first-order chi connectivity index (χ1) is 7.16. The third-order valence-corrected chi connectivity index (χ3v) is 2.17. The van der Waals surface area contributed by atoms with Gasteiger partial charge in [0.05, 0.1) is 4.92 Å². The summed E-state index contributed by atoms with van der Waals surface area (Å²) in [4.78, 5) is 13.9. The minimum atomic E-state index is -0.478. The van der Waals surface area contributed by atoms with Crippen LogP contribution in [-0.2, 0) is 0 Å². The van der Waals surface area contributed by atoms with Gasteiger partial charge >= 0.3 is 0 Å². The summed E-state index contributed by atoms with van der Waals surface area (Å²) >= 11 is 3.18. The van der Waals surface area contributed by atoms with Crippen LogP contribution < -0.4 is 0 Å². The van der Waals surface area contributed by atoms with Crippen LogP contribution in [0.5, 0.6) is 0 Å². The van der Waals surface area contributed by atoms with Crippen molar-refractivity contribution in [1.29, 1.82) is 0 Å². The van der Waals surface area contributed by atoms with Crippen molar-refractivity contribution in [3.63, 3.8) is 0 Å². The lowest BCUT2D eigenvalue weighted by atomic mass is 10.2. The van der Waals surface area contributed by atoms with Crippen LogP contribution in [0.4, 0.5) is 5.69 Å². The van der Waals surface area contributed by atoms with E-state index in [-0.39, 0.29) is 5.69 Å². The minimum absolute atomic E-state index is 0.0239. The summed E-state index contributed by atoms with van der Waals surface area (Å²) in [6.07, 6.45) is 1.17. The number of nitrogens with zero attached hydrogens (tertiary/aromatic N) is 3. The van der Waals surface area contributed by atoms with Gasteiger partial charge in [-0.05, 0) is 6.07 Å². The van der Waals surface area contributed by atoms with Gasteiger partial charge in [0.25, 0.3) is 5.69 Å². The molecule has 0 amide bonds. The van der Waals surface area contributed by atoms with Crippen molar-refractivity contribution >= 4 is 21.6 Å². The zero-order chi connectivity index (χ0) is 10.8. The number of nitro groups is 1. The number of benzene rings is 1. The first kappa shape index (κ1) is 9.78. The van der Waals surface area contributed by atoms with Crippen LogP contribution in [-0.4, -0.2) is 15.1 Å². The summed E-state index contributed by atoms with van der Waals surface area (Å²) < 4.78 is 5.16. The van der Waals surface area contributed by atoms with Crippen molar-refractivity contribution in [2.24, 2.45) is 0 Å². The van der Waals surface area contributed by atoms with E-state index >= 15 is 0 Å². The second-order valence-electron chi connectivity index (χ2n) is 2.71. The maximum Gasteiger partial charge on any atom is 0.271 e. The first-order valence-corrected chi connectivity index (χ1v) is 4.68. The molecule has 2 rings (SSSR count). The number of rotatable bonds is 2. The van der Waals surface area contributed by atoms with E-state index in [1.54, 1.807) is 6.07 Å². The standard InChI is InChI=1S/C8H4BrN3O3/c9-6-1-5(8-10-4-15-11-8)2-7(3-6)12(13)14/h1-4H. The van der Waals surface area contributed by atoms with Gasteiger partial charge in [-0.15, -0.1) is 0 Å². The van der Waals surface area contributed by atoms with E-state index in [9.17, 15) is 10.1 Å². The summed E-state index contributed by atoms with van der Waals surface area (Å²) in [5, 5.41) is 14.2. The lowest BCUT2D eigenvalue weighted by molar-refractivity contribution is -0.384. The average Bonchev–Trinajstić information content (AvgIpc) is 2.69. The number of nitro benzene ring substituents is 1. The van der Waals surface area contributed by atoms with Crippen LogP contribution in [0.1, 0.15) is 0 Å². The Morgan fingerprint density at radius 2 is 2.20 bits per heavy atom. The number of hydrogen-bond donors (Lipinski definition) is 0. The van der Waals surface area contributed by atoms with Gasteiger partial charge in [0.15, 0.2) is 0 Å². The quantitative estimate of drug-likeness (QED) is 0.618. The highest BCUT2D eigenvalue weighted by atomic mass is 79.9. The highest BCUT2D eigenvalue weighted by Gasteiger charge is 2.12. The molecule has 0 saturated carbocycles. The van der Waals surface area contributed by atoms with Gasteiger partial charge in [0.2, 0.25) is 12.2 Å². The number of aromatic nitrogens is 2. The van der Waals surface area contributed by atoms with Crippen LogP contribution in [0.2, 0.25) is 0 Å². The molecular weight excluding hydrogens is 266 g/mol. The average molecular weight is 270 g/mol. The van der Waals surface area contributed by atoms with Crippen LogP contribution in [0.15, 0.2) is 33.6 Å². The third-order valence-electron chi connectivity index (χ3n) is 1.71. The molecule has 0 aliphatic carbocycles. The van der Waals surface area contributed by atoms with Crippen LogP contribution in [0.3, 0.4) is 0 Å². The molecule has 76 valence electrons. The van der Waals surface area contributed by atoms with Crippen LogP contribution in [0.25, 0.3) is 11.4 Å². The molecule has 1 aromatic heterocycles. The van der Waals surface area contributed by atoms with Crippen LogP contribution >= 0.6 is 15.9 Å². The highest BCUT2D eigenvalue weighted by Crippen LogP contribution is 2.26. The maximum atomic E-state index is 10.6. The van der Waals surface area contributed by atoms with Gasteiger partial charge < -0.3 is 4.52 Å². The summed E-state index contributed by atoms with van der Waals surface area (Å²) in [6.45, 7) is 0. The molecular formula is C8H4BrN3O3. The smallest absolute Gasteiger partial charge is 0.271 e. The predicted octanol–water partition coefficient (Wildman–Crippen LogP) is 2.41. The van der Waals surface area contributed by atoms with Gasteiger partial charge in [0, 0.05) is 22.2 Å². The first-order valence-electron chi connectivity index (χ1n) is 3.88. The largest absolute Gasteiger partial charge is 0.342 e. The molecule has 0 N–H and O–H groups in total. The lowest BCUT2D eigenvalue weighted by Crippen LogP contribution is -1.89. The summed E-state index contributed by atoms with van der Waals surface area (Å²) in [7, 11) is 0. The maximum absolute atomic E-state index is 10.6. The van der Waals surface area contributed by atoms with Crippen molar-refractivity contribution in [2.75, 3.05) is 0 Å². The van der Waals surface area contributed by atoms with E-state index in [4.69, 9.17) is 0 Å². The Labute approximate surface area is 92.2 Å². The van der Waals surface area contributed by atoms with Crippen molar-refractivity contribution in [1.82, 2.24) is 10.1 Å². The second kappa shape index (κ2) is 3.77. The molecule has 0 radical (unpaired) electrons. The zero-order valence-corrected chi connectivity index (χ0v) is 8.84. The van der Waals surface area contributed by atoms with Crippen molar-refractivity contribution in [3.05, 3.63) is 39.2 Å². The van der Waals surface area contributed by atoms with E-state index in [2.05, 4.69) is 30.6 Å². The molecule has 0 fully saturated rings. The minimum Gasteiger partial charge on any atom is -0.342 e. The molecule has 2 aromatic rings. The molecule has 0 unspecified atom stereocenters. The van der Waals surface area contributed by atoms with E-state index < -0.39 is 4.92 Å². The monoisotopic (exact) mass is 269 g/mol. The van der Waals surface area contributed by atoms with Gasteiger partial charge in [-0.25, -0.2) is 0 Å². The third kappa shape index (κ3) is 2.01. The molecule has 6 nitrogen and oxygen atoms in total. The molecule has 1 heterocycles. The molecule has 0 aliphatic heterocycles. The van der Waals surface area contributed by atoms with E-state index in [1.807, 2.05) is 0 Å². The van der Waals surface area contributed by atoms with Gasteiger partial charge in [0.1, 0.15) is 0 Å². The zero-order valence-electron chi connectivity index (χ0n) is 7.25. The molecule has 0 atom stereocenters. The van der Waals surface area contributed by atoms with Gasteiger partial charge in [-0.2, -0.15) is 4.98 Å². The Balaban J connectivity index is 2.54. The summed E-state index contributed by atoms with van der Waals surface area (Å²) in [6, 6.07) is 4.47. The van der Waals surface area contributed by atoms with Crippen molar-refractivity contribution < 1.29 is 9.45 Å². The molecule has 0 saturated heterocycles. The van der Waals surface area contributed by atoms with Gasteiger partial charge in [-0.1, -0.05) is 21.1 Å². The molecule has 1 aromatic carbocycles. The number of non-ortho nitro benzene ring substituents is 1. The number of halogens is 1. The fourth-order valence-electron chi connectivity index (χ4n) is 1.11. The predicted molar refractivity (Wildman–Crippen MR) is 54.1 cm³/mol. The molecule has 0 spiro atoms. The van der Waals surface area contributed by atoms with Crippen molar-refractivity contribution in [3.8, 4) is 11.4 Å². The SMILES string of the molecule is O=[N+]([O-])c1cc(Br)cc(-c2ncon2)c1. The van der Waals surface area contributed by atoms with E-state index in [0.29, 0.717) is 15.9 Å². The second-order valence-corrected chi connectivity index (χ2v) is 3.63. The van der Waals surface area contributed by atoms with E-state index in [1.165, 1.54) is 18.5 Å².